The van der Waals surface area contributed by atoms with Crippen molar-refractivity contribution in [2.75, 3.05) is 65.6 Å². The Bertz CT molecular complexity index is 1230. The van der Waals surface area contributed by atoms with Crippen molar-refractivity contribution in [3.63, 3.8) is 0 Å². The molecule has 10 heteroatoms. The zero-order valence-electron chi connectivity index (χ0n) is 24.4. The third-order valence-electron chi connectivity index (χ3n) is 9.54. The van der Waals surface area contributed by atoms with Crippen LogP contribution in [0.3, 0.4) is 0 Å². The van der Waals surface area contributed by atoms with E-state index in [-0.39, 0.29) is 24.3 Å². The molecule has 1 unspecified atom stereocenters. The number of morpholine rings is 1. The predicted molar refractivity (Wildman–Crippen MR) is 155 cm³/mol. The average molecular weight is 579 g/mol. The van der Waals surface area contributed by atoms with E-state index in [0.717, 1.165) is 25.2 Å². The number of nitrogens with zero attached hydrogens (tertiary/aromatic N) is 4. The maximum absolute atomic E-state index is 14.4. The minimum absolute atomic E-state index is 0.00964. The number of rotatable bonds is 9. The standard InChI is InChI=1S/C32H42N4O6/c1-31-11-7-14-35(23-24-9-3-2-4-10-24)28(38)25(31)26-29(39)36(15-5-6-20-37)27-30(40)34(13-8-12-32(26,27)42-31)17-16-33-18-21-41-22-19-33/h2-4,7-12,25-27,37H,5-6,13-23H2,1H3/t25-,26-,27?,31+,32-/m0/s1. The summed E-state index contributed by atoms with van der Waals surface area (Å²) in [6.45, 7) is 7.77. The van der Waals surface area contributed by atoms with Crippen molar-refractivity contribution in [2.24, 2.45) is 11.8 Å². The topological polar surface area (TPSA) is 103 Å². The largest absolute Gasteiger partial charge is 0.396 e. The number of benzene rings is 1. The first-order chi connectivity index (χ1) is 20.4. The Morgan fingerprint density at radius 3 is 2.36 bits per heavy atom. The van der Waals surface area contributed by atoms with Gasteiger partial charge in [0.05, 0.1) is 30.7 Å². The van der Waals surface area contributed by atoms with Crippen LogP contribution in [0.1, 0.15) is 25.3 Å². The maximum Gasteiger partial charge on any atom is 0.249 e. The Kier molecular flexibility index (Phi) is 8.24. The smallest absolute Gasteiger partial charge is 0.249 e. The fraction of sp³-hybridized carbons (Fsp3) is 0.594. The van der Waals surface area contributed by atoms with E-state index in [0.29, 0.717) is 58.8 Å². The van der Waals surface area contributed by atoms with Gasteiger partial charge in [-0.1, -0.05) is 54.6 Å². The van der Waals surface area contributed by atoms with Gasteiger partial charge in [0.1, 0.15) is 11.6 Å². The lowest BCUT2D eigenvalue weighted by molar-refractivity contribution is -0.153. The molecule has 5 aliphatic rings. The van der Waals surface area contributed by atoms with Crippen molar-refractivity contribution in [3.8, 4) is 0 Å². The lowest BCUT2D eigenvalue weighted by Crippen LogP contribution is -2.56. The van der Waals surface area contributed by atoms with Crippen LogP contribution >= 0.6 is 0 Å². The van der Waals surface area contributed by atoms with Crippen molar-refractivity contribution in [2.45, 2.75) is 43.6 Å². The Morgan fingerprint density at radius 2 is 1.60 bits per heavy atom. The van der Waals surface area contributed by atoms with Crippen LogP contribution in [0.25, 0.3) is 0 Å². The molecule has 0 aromatic heterocycles. The van der Waals surface area contributed by atoms with E-state index < -0.39 is 29.1 Å². The molecule has 5 atom stereocenters. The normalized spacial score (nSPS) is 33.0. The number of carbonyl (C=O) groups excluding carboxylic acids is 3. The molecule has 226 valence electrons. The SMILES string of the molecule is C[C@@]12C=CCN(Cc3ccccc3)C(=O)[C@@H]1[C@H]1C(=O)N(CCCCO)C3C(=O)N(CCN4CCOCC4)CC=C[C@@]31O2. The number of fused-ring (bicyclic) bond motifs is 2. The number of hydrogen-bond donors (Lipinski definition) is 1. The van der Waals surface area contributed by atoms with Crippen molar-refractivity contribution in [1.29, 1.82) is 0 Å². The highest BCUT2D eigenvalue weighted by Gasteiger charge is 2.74. The highest BCUT2D eigenvalue weighted by molar-refractivity contribution is 6.00. The van der Waals surface area contributed by atoms with Crippen LogP contribution in [0.15, 0.2) is 54.6 Å². The second-order valence-electron chi connectivity index (χ2n) is 12.2. The first-order valence-corrected chi connectivity index (χ1v) is 15.3. The third kappa shape index (κ3) is 5.08. The Morgan fingerprint density at radius 1 is 0.857 bits per heavy atom. The van der Waals surface area contributed by atoms with Gasteiger partial charge < -0.3 is 29.3 Å². The molecule has 0 radical (unpaired) electrons. The molecule has 1 aromatic carbocycles. The molecular weight excluding hydrogens is 536 g/mol. The lowest BCUT2D eigenvalue weighted by atomic mass is 9.74. The second-order valence-corrected chi connectivity index (χ2v) is 12.2. The number of hydrogen-bond acceptors (Lipinski definition) is 7. The number of unbranched alkanes of at least 4 members (excludes halogenated alkanes) is 1. The van der Waals surface area contributed by atoms with Crippen LogP contribution in [0, 0.1) is 11.8 Å². The van der Waals surface area contributed by atoms with Gasteiger partial charge in [0.2, 0.25) is 17.7 Å². The van der Waals surface area contributed by atoms with E-state index in [2.05, 4.69) is 4.90 Å². The van der Waals surface area contributed by atoms with Crippen LogP contribution in [0.5, 0.6) is 0 Å². The summed E-state index contributed by atoms with van der Waals surface area (Å²) in [5.41, 5.74) is -1.28. The molecule has 3 fully saturated rings. The Hall–Kier alpha value is -3.05. The number of carbonyl (C=O) groups is 3. The Balaban J connectivity index is 1.33. The second kappa shape index (κ2) is 11.9. The van der Waals surface area contributed by atoms with Crippen molar-refractivity contribution in [3.05, 3.63) is 60.2 Å². The van der Waals surface area contributed by atoms with E-state index in [1.54, 1.807) is 9.80 Å². The van der Waals surface area contributed by atoms with Crippen LogP contribution in [-0.4, -0.2) is 125 Å². The molecule has 0 bridgehead atoms. The molecule has 42 heavy (non-hydrogen) atoms. The molecule has 1 aromatic rings. The zero-order valence-corrected chi connectivity index (χ0v) is 24.4. The summed E-state index contributed by atoms with van der Waals surface area (Å²) in [5, 5.41) is 9.45. The zero-order chi connectivity index (χ0) is 29.3. The molecule has 1 N–H and O–H groups in total. The van der Waals surface area contributed by atoms with Gasteiger partial charge >= 0.3 is 0 Å². The van der Waals surface area contributed by atoms with Gasteiger partial charge in [0.25, 0.3) is 0 Å². The summed E-state index contributed by atoms with van der Waals surface area (Å²) in [6, 6.07) is 8.96. The molecule has 6 rings (SSSR count). The summed E-state index contributed by atoms with van der Waals surface area (Å²) < 4.78 is 12.4. The van der Waals surface area contributed by atoms with Crippen LogP contribution in [-0.2, 0) is 30.4 Å². The number of aliphatic hydroxyl groups excluding tert-OH is 1. The molecule has 0 aliphatic carbocycles. The van der Waals surface area contributed by atoms with Crippen LogP contribution < -0.4 is 0 Å². The number of likely N-dealkylation sites (tertiary alicyclic amines) is 1. The molecule has 5 heterocycles. The molecule has 3 saturated heterocycles. The maximum atomic E-state index is 14.4. The third-order valence-corrected chi connectivity index (χ3v) is 9.54. The predicted octanol–water partition coefficient (Wildman–Crippen LogP) is 1.06. The van der Waals surface area contributed by atoms with Gasteiger partial charge in [-0.15, -0.1) is 0 Å². The molecule has 0 saturated carbocycles. The summed E-state index contributed by atoms with van der Waals surface area (Å²) in [4.78, 5) is 50.7. The molecule has 10 nitrogen and oxygen atoms in total. The average Bonchev–Trinajstić information content (AvgIpc) is 3.26. The first-order valence-electron chi connectivity index (χ1n) is 15.3. The monoisotopic (exact) mass is 578 g/mol. The van der Waals surface area contributed by atoms with E-state index in [4.69, 9.17) is 9.47 Å². The van der Waals surface area contributed by atoms with E-state index in [1.807, 2.05) is 66.5 Å². The summed E-state index contributed by atoms with van der Waals surface area (Å²) in [6.07, 6.45) is 8.80. The van der Waals surface area contributed by atoms with E-state index in [9.17, 15) is 19.5 Å². The lowest BCUT2D eigenvalue weighted by Gasteiger charge is -2.38. The van der Waals surface area contributed by atoms with Gasteiger partial charge in [-0.3, -0.25) is 19.3 Å². The van der Waals surface area contributed by atoms with Gasteiger partial charge in [-0.05, 0) is 25.3 Å². The summed E-state index contributed by atoms with van der Waals surface area (Å²) >= 11 is 0. The minimum Gasteiger partial charge on any atom is -0.396 e. The number of aliphatic hydroxyl groups is 1. The molecular formula is C32H42N4O6. The number of ether oxygens (including phenoxy) is 2. The van der Waals surface area contributed by atoms with Crippen LogP contribution in [0.4, 0.5) is 0 Å². The van der Waals surface area contributed by atoms with E-state index in [1.165, 1.54) is 0 Å². The van der Waals surface area contributed by atoms with Gasteiger partial charge in [-0.25, -0.2) is 0 Å². The molecule has 1 spiro atoms. The van der Waals surface area contributed by atoms with Gasteiger partial charge in [0, 0.05) is 59.0 Å². The summed E-state index contributed by atoms with van der Waals surface area (Å²) in [7, 11) is 0. The number of amides is 3. The fourth-order valence-corrected chi connectivity index (χ4v) is 7.49. The highest BCUT2D eigenvalue weighted by Crippen LogP contribution is 2.57. The minimum atomic E-state index is -1.25. The van der Waals surface area contributed by atoms with Crippen molar-refractivity contribution < 1.29 is 29.0 Å². The van der Waals surface area contributed by atoms with Crippen LogP contribution in [0.2, 0.25) is 0 Å². The summed E-state index contributed by atoms with van der Waals surface area (Å²) in [5.74, 6) is -2.09. The molecule has 5 aliphatic heterocycles. The Labute approximate surface area is 247 Å². The fourth-order valence-electron chi connectivity index (χ4n) is 7.49. The van der Waals surface area contributed by atoms with Crippen molar-refractivity contribution in [1.82, 2.24) is 19.6 Å². The quantitative estimate of drug-likeness (QED) is 0.345. The first kappa shape index (κ1) is 29.0. The van der Waals surface area contributed by atoms with Gasteiger partial charge in [0.15, 0.2) is 0 Å². The van der Waals surface area contributed by atoms with E-state index >= 15 is 0 Å². The highest BCUT2D eigenvalue weighted by atomic mass is 16.5. The van der Waals surface area contributed by atoms with Gasteiger partial charge in [-0.2, -0.15) is 0 Å². The van der Waals surface area contributed by atoms with Crippen molar-refractivity contribution >= 4 is 17.7 Å². The molecule has 3 amide bonds.